The van der Waals surface area contributed by atoms with Crippen molar-refractivity contribution in [2.45, 2.75) is 19.4 Å². The number of nitrogens with zero attached hydrogens (tertiary/aromatic N) is 2. The van der Waals surface area contributed by atoms with Gasteiger partial charge in [0.15, 0.2) is 0 Å². The van der Waals surface area contributed by atoms with Crippen molar-refractivity contribution in [1.29, 1.82) is 0 Å². The zero-order chi connectivity index (χ0) is 16.1. The Morgan fingerprint density at radius 1 is 1.36 bits per heavy atom. The van der Waals surface area contributed by atoms with Crippen LogP contribution in [0.4, 0.5) is 10.5 Å². The largest absolute Gasteiger partial charge is 0.448 e. The molecular formula is C16H23N3O3. The number of carbonyl (C=O) groups is 2. The second kappa shape index (κ2) is 7.26. The molecule has 0 bridgehead atoms. The molecular weight excluding hydrogens is 282 g/mol. The summed E-state index contributed by atoms with van der Waals surface area (Å²) in [5, 5.41) is 2.75. The van der Waals surface area contributed by atoms with Crippen molar-refractivity contribution in [3.8, 4) is 0 Å². The van der Waals surface area contributed by atoms with Crippen LogP contribution in [0, 0.1) is 6.92 Å². The van der Waals surface area contributed by atoms with E-state index < -0.39 is 6.09 Å². The highest BCUT2D eigenvalue weighted by atomic mass is 16.5. The van der Waals surface area contributed by atoms with Gasteiger partial charge in [-0.3, -0.25) is 4.79 Å². The number of hydrogen-bond acceptors (Lipinski definition) is 4. The van der Waals surface area contributed by atoms with E-state index in [9.17, 15) is 9.59 Å². The van der Waals surface area contributed by atoms with Gasteiger partial charge in [0, 0.05) is 25.2 Å². The Labute approximate surface area is 131 Å². The fraction of sp³-hybridized carbons (Fsp3) is 0.500. The average molecular weight is 305 g/mol. The topological polar surface area (TPSA) is 61.9 Å². The van der Waals surface area contributed by atoms with Gasteiger partial charge in [0.05, 0.1) is 6.04 Å². The van der Waals surface area contributed by atoms with Crippen LogP contribution in [0.2, 0.25) is 0 Å². The number of ether oxygens (including phenoxy) is 1. The first-order valence-electron chi connectivity index (χ1n) is 7.41. The van der Waals surface area contributed by atoms with Crippen LogP contribution < -0.4 is 10.2 Å². The predicted molar refractivity (Wildman–Crippen MR) is 85.0 cm³/mol. The van der Waals surface area contributed by atoms with Gasteiger partial charge in [-0.1, -0.05) is 17.7 Å². The van der Waals surface area contributed by atoms with E-state index >= 15 is 0 Å². The number of nitrogens with one attached hydrogen (secondary N) is 1. The summed E-state index contributed by atoms with van der Waals surface area (Å²) >= 11 is 0. The molecule has 0 aliphatic carbocycles. The van der Waals surface area contributed by atoms with Crippen molar-refractivity contribution < 1.29 is 14.3 Å². The maximum Gasteiger partial charge on any atom is 0.407 e. The lowest BCUT2D eigenvalue weighted by Gasteiger charge is -2.17. The first kappa shape index (κ1) is 16.3. The zero-order valence-corrected chi connectivity index (χ0v) is 13.3. The Morgan fingerprint density at radius 3 is 2.68 bits per heavy atom. The van der Waals surface area contributed by atoms with Crippen LogP contribution in [-0.2, 0) is 9.53 Å². The fourth-order valence-corrected chi connectivity index (χ4v) is 2.31. The minimum Gasteiger partial charge on any atom is -0.448 e. The van der Waals surface area contributed by atoms with Gasteiger partial charge in [0.25, 0.3) is 0 Å². The second-order valence-corrected chi connectivity index (χ2v) is 5.82. The second-order valence-electron chi connectivity index (χ2n) is 5.82. The Kier molecular flexibility index (Phi) is 5.38. The lowest BCUT2D eigenvalue weighted by Crippen LogP contribution is -2.38. The minimum atomic E-state index is -0.467. The molecule has 1 aliphatic heterocycles. The van der Waals surface area contributed by atoms with E-state index in [1.54, 1.807) is 4.90 Å². The van der Waals surface area contributed by atoms with Crippen LogP contribution >= 0.6 is 0 Å². The molecule has 1 unspecified atom stereocenters. The SMILES string of the molecule is Cc1ccc(N2CC(NC(=O)OCCN(C)C)CC2=O)cc1. The van der Waals surface area contributed by atoms with Crippen molar-refractivity contribution in [3.05, 3.63) is 29.8 Å². The van der Waals surface area contributed by atoms with Gasteiger partial charge in [-0.2, -0.15) is 0 Å². The van der Waals surface area contributed by atoms with Gasteiger partial charge in [0.2, 0.25) is 5.91 Å². The van der Waals surface area contributed by atoms with E-state index in [1.165, 1.54) is 0 Å². The van der Waals surface area contributed by atoms with Crippen LogP contribution in [0.15, 0.2) is 24.3 Å². The molecule has 2 rings (SSSR count). The molecule has 120 valence electrons. The molecule has 1 atom stereocenters. The molecule has 1 aromatic carbocycles. The van der Waals surface area contributed by atoms with Crippen LogP contribution in [-0.4, -0.2) is 56.7 Å². The van der Waals surface area contributed by atoms with Gasteiger partial charge < -0.3 is 19.9 Å². The predicted octanol–water partition coefficient (Wildman–Crippen LogP) is 1.39. The number of amides is 2. The molecule has 0 spiro atoms. The van der Waals surface area contributed by atoms with Gasteiger partial charge in [-0.25, -0.2) is 4.79 Å². The number of benzene rings is 1. The quantitative estimate of drug-likeness (QED) is 0.893. The Balaban J connectivity index is 1.84. The first-order valence-corrected chi connectivity index (χ1v) is 7.41. The Morgan fingerprint density at radius 2 is 2.05 bits per heavy atom. The summed E-state index contributed by atoms with van der Waals surface area (Å²) in [4.78, 5) is 27.4. The van der Waals surface area contributed by atoms with Gasteiger partial charge >= 0.3 is 6.09 Å². The Bertz CT molecular complexity index is 528. The molecule has 1 saturated heterocycles. The van der Waals surface area contributed by atoms with Crippen molar-refractivity contribution in [2.75, 3.05) is 38.7 Å². The maximum absolute atomic E-state index is 12.1. The van der Waals surface area contributed by atoms with Crippen LogP contribution in [0.1, 0.15) is 12.0 Å². The average Bonchev–Trinajstić information content (AvgIpc) is 2.80. The van der Waals surface area contributed by atoms with E-state index in [1.807, 2.05) is 50.2 Å². The molecule has 0 saturated carbocycles. The Hall–Kier alpha value is -2.08. The molecule has 1 heterocycles. The normalized spacial score (nSPS) is 17.9. The highest BCUT2D eigenvalue weighted by molar-refractivity contribution is 5.96. The van der Waals surface area contributed by atoms with Crippen LogP contribution in [0.25, 0.3) is 0 Å². The van der Waals surface area contributed by atoms with Gasteiger partial charge in [0.1, 0.15) is 6.61 Å². The smallest absolute Gasteiger partial charge is 0.407 e. The highest BCUT2D eigenvalue weighted by Gasteiger charge is 2.31. The molecule has 22 heavy (non-hydrogen) atoms. The lowest BCUT2D eigenvalue weighted by molar-refractivity contribution is -0.117. The summed E-state index contributed by atoms with van der Waals surface area (Å²) in [6, 6.07) is 7.58. The van der Waals surface area contributed by atoms with Crippen molar-refractivity contribution in [3.63, 3.8) is 0 Å². The summed E-state index contributed by atoms with van der Waals surface area (Å²) in [7, 11) is 3.83. The molecule has 1 aromatic rings. The van der Waals surface area contributed by atoms with Crippen LogP contribution in [0.3, 0.4) is 0 Å². The van der Waals surface area contributed by atoms with E-state index in [-0.39, 0.29) is 11.9 Å². The van der Waals surface area contributed by atoms with E-state index in [4.69, 9.17) is 4.74 Å². The standard InChI is InChI=1S/C16H23N3O3/c1-12-4-6-14(7-5-12)19-11-13(10-15(19)20)17-16(21)22-9-8-18(2)3/h4-7,13H,8-11H2,1-3H3,(H,17,21). The molecule has 1 N–H and O–H groups in total. The molecule has 2 amide bonds. The number of anilines is 1. The zero-order valence-electron chi connectivity index (χ0n) is 13.3. The highest BCUT2D eigenvalue weighted by Crippen LogP contribution is 2.21. The number of hydrogen-bond donors (Lipinski definition) is 1. The third-order valence-corrected chi connectivity index (χ3v) is 3.56. The minimum absolute atomic E-state index is 0.0162. The number of alkyl carbamates (subject to hydrolysis) is 1. The number of carbonyl (C=O) groups excluding carboxylic acids is 2. The fourth-order valence-electron chi connectivity index (χ4n) is 2.31. The molecule has 0 aromatic heterocycles. The number of likely N-dealkylation sites (N-methyl/N-ethyl adjacent to an activating group) is 1. The van der Waals surface area contributed by atoms with Crippen molar-refractivity contribution in [1.82, 2.24) is 10.2 Å². The summed E-state index contributed by atoms with van der Waals surface area (Å²) in [5.41, 5.74) is 2.01. The molecule has 1 aliphatic rings. The molecule has 0 radical (unpaired) electrons. The van der Waals surface area contributed by atoms with E-state index in [0.29, 0.717) is 26.1 Å². The summed E-state index contributed by atoms with van der Waals surface area (Å²) in [6.07, 6.45) is -0.165. The van der Waals surface area contributed by atoms with E-state index in [2.05, 4.69) is 5.32 Å². The lowest BCUT2D eigenvalue weighted by atomic mass is 10.2. The first-order chi connectivity index (χ1) is 10.5. The molecule has 6 nitrogen and oxygen atoms in total. The third kappa shape index (κ3) is 4.46. The summed E-state index contributed by atoms with van der Waals surface area (Å²) in [6.45, 7) is 3.49. The van der Waals surface area contributed by atoms with Crippen molar-refractivity contribution >= 4 is 17.7 Å². The van der Waals surface area contributed by atoms with Gasteiger partial charge in [-0.15, -0.1) is 0 Å². The maximum atomic E-state index is 12.1. The summed E-state index contributed by atoms with van der Waals surface area (Å²) in [5.74, 6) is 0.0162. The number of rotatable bonds is 5. The van der Waals surface area contributed by atoms with Crippen LogP contribution in [0.5, 0.6) is 0 Å². The third-order valence-electron chi connectivity index (χ3n) is 3.56. The van der Waals surface area contributed by atoms with E-state index in [0.717, 1.165) is 11.3 Å². The van der Waals surface area contributed by atoms with Crippen molar-refractivity contribution in [2.24, 2.45) is 0 Å². The molecule has 1 fully saturated rings. The summed E-state index contributed by atoms with van der Waals surface area (Å²) < 4.78 is 5.09. The number of aryl methyl sites for hydroxylation is 1. The monoisotopic (exact) mass is 305 g/mol. The molecule has 6 heteroatoms. The van der Waals surface area contributed by atoms with Gasteiger partial charge in [-0.05, 0) is 33.2 Å².